The van der Waals surface area contributed by atoms with Gasteiger partial charge in [-0.2, -0.15) is 0 Å². The summed E-state index contributed by atoms with van der Waals surface area (Å²) in [5.41, 5.74) is 1.16. The Bertz CT molecular complexity index is 644. The van der Waals surface area contributed by atoms with E-state index in [2.05, 4.69) is 5.32 Å². The van der Waals surface area contributed by atoms with Gasteiger partial charge in [-0.15, -0.1) is 0 Å². The maximum atomic E-state index is 12.1. The lowest BCUT2D eigenvalue weighted by Crippen LogP contribution is -2.36. The van der Waals surface area contributed by atoms with Gasteiger partial charge in [0.1, 0.15) is 6.04 Å². The first-order chi connectivity index (χ1) is 12.4. The predicted octanol–water partition coefficient (Wildman–Crippen LogP) is 2.42. The predicted molar refractivity (Wildman–Crippen MR) is 96.7 cm³/mol. The van der Waals surface area contributed by atoms with Gasteiger partial charge in [0, 0.05) is 0 Å². The molecule has 0 spiro atoms. The molecule has 0 amide bonds. The number of hydrogen-bond acceptors (Lipinski definition) is 6. The summed E-state index contributed by atoms with van der Waals surface area (Å²) >= 11 is 0. The van der Waals surface area contributed by atoms with Crippen molar-refractivity contribution in [3.63, 3.8) is 0 Å². The van der Waals surface area contributed by atoms with Crippen molar-refractivity contribution in [2.24, 2.45) is 0 Å². The molecule has 26 heavy (non-hydrogen) atoms. The lowest BCUT2D eigenvalue weighted by atomic mass is 10.1. The van der Waals surface area contributed by atoms with Gasteiger partial charge in [-0.1, -0.05) is 30.3 Å². The van der Waals surface area contributed by atoms with E-state index < -0.39 is 31.7 Å². The van der Waals surface area contributed by atoms with E-state index in [1.165, 1.54) is 6.92 Å². The number of carbonyl (C=O) groups is 2. The first-order valence-electron chi connectivity index (χ1n) is 8.90. The third-order valence-corrected chi connectivity index (χ3v) is 5.73. The Morgan fingerprint density at radius 3 is 2.69 bits per heavy atom. The van der Waals surface area contributed by atoms with Crippen molar-refractivity contribution in [2.45, 2.75) is 51.2 Å². The van der Waals surface area contributed by atoms with Crippen LogP contribution in [0.3, 0.4) is 0 Å². The number of benzene rings is 1. The molecule has 1 aliphatic rings. The van der Waals surface area contributed by atoms with Gasteiger partial charge >= 0.3 is 19.5 Å². The van der Waals surface area contributed by atoms with Crippen molar-refractivity contribution in [3.8, 4) is 0 Å². The Kier molecular flexibility index (Phi) is 7.97. The Hall–Kier alpha value is -1.53. The van der Waals surface area contributed by atoms with E-state index in [0.29, 0.717) is 19.4 Å². The summed E-state index contributed by atoms with van der Waals surface area (Å²) in [6, 6.07) is 9.35. The third kappa shape index (κ3) is 7.00. The summed E-state index contributed by atoms with van der Waals surface area (Å²) in [6.07, 6.45) is 2.18. The zero-order chi connectivity index (χ0) is 19.0. The van der Waals surface area contributed by atoms with Gasteiger partial charge in [0.2, 0.25) is 0 Å². The van der Waals surface area contributed by atoms with Crippen LogP contribution in [-0.4, -0.2) is 41.7 Å². The second-order valence-corrected chi connectivity index (χ2v) is 8.37. The molecule has 1 heterocycles. The number of rotatable bonds is 9. The number of nitrogens with one attached hydrogen (secondary N) is 1. The molecule has 7 nitrogen and oxygen atoms in total. The third-order valence-electron chi connectivity index (χ3n) is 4.20. The van der Waals surface area contributed by atoms with E-state index >= 15 is 0 Å². The summed E-state index contributed by atoms with van der Waals surface area (Å²) in [7, 11) is -3.92. The summed E-state index contributed by atoms with van der Waals surface area (Å²) in [5.74, 6) is -1.61. The van der Waals surface area contributed by atoms with Gasteiger partial charge in [0.05, 0.1) is 6.16 Å². The quantitative estimate of drug-likeness (QED) is 0.292. The molecule has 0 aliphatic carbocycles. The highest BCUT2D eigenvalue weighted by atomic mass is 31.2. The molecule has 3 atom stereocenters. The summed E-state index contributed by atoms with van der Waals surface area (Å²) < 4.78 is 21.8. The van der Waals surface area contributed by atoms with Crippen molar-refractivity contribution >= 4 is 19.5 Å². The Balaban J connectivity index is 1.69. The molecule has 0 saturated carbocycles. The molecule has 8 heteroatoms. The number of hydrogen-bond donors (Lipinski definition) is 2. The van der Waals surface area contributed by atoms with Gasteiger partial charge in [-0.05, 0) is 51.1 Å². The van der Waals surface area contributed by atoms with Gasteiger partial charge in [0.15, 0.2) is 6.10 Å². The standard InChI is InChI=1S/C18H26NO6P/c1-14(17(20)24-18(21)16-11-7-12-19-16)25-26(22,23)13-6-5-10-15-8-3-2-4-9-15/h2-4,8-9,14,16,19H,5-7,10-13H2,1H3,(H,22,23)/t14?,16-/m0/s1. The first kappa shape index (κ1) is 20.8. The van der Waals surface area contributed by atoms with Crippen LogP contribution < -0.4 is 5.32 Å². The number of esters is 2. The minimum atomic E-state index is -3.92. The monoisotopic (exact) mass is 383 g/mol. The fourth-order valence-electron chi connectivity index (χ4n) is 2.77. The van der Waals surface area contributed by atoms with Crippen LogP contribution in [0, 0.1) is 0 Å². The molecule has 144 valence electrons. The SMILES string of the molecule is CC(OP(=O)(O)CCCCc1ccccc1)C(=O)OC(=O)[C@@H]1CCCN1. The molecular formula is C18H26NO6P. The normalized spacial score (nSPS) is 20.3. The lowest BCUT2D eigenvalue weighted by molar-refractivity contribution is -0.165. The Morgan fingerprint density at radius 2 is 2.04 bits per heavy atom. The Morgan fingerprint density at radius 1 is 1.31 bits per heavy atom. The van der Waals surface area contributed by atoms with Crippen LogP contribution in [0.25, 0.3) is 0 Å². The number of ether oxygens (including phenoxy) is 1. The molecule has 2 unspecified atom stereocenters. The van der Waals surface area contributed by atoms with E-state index in [-0.39, 0.29) is 6.16 Å². The van der Waals surface area contributed by atoms with Crippen molar-refractivity contribution < 1.29 is 28.3 Å². The van der Waals surface area contributed by atoms with E-state index in [1.54, 1.807) is 0 Å². The summed E-state index contributed by atoms with van der Waals surface area (Å²) in [6.45, 7) is 2.01. The van der Waals surface area contributed by atoms with Crippen molar-refractivity contribution in [2.75, 3.05) is 12.7 Å². The Labute approximate surface area is 153 Å². The van der Waals surface area contributed by atoms with Crippen LogP contribution in [0.5, 0.6) is 0 Å². The van der Waals surface area contributed by atoms with Gasteiger partial charge in [-0.3, -0.25) is 9.09 Å². The summed E-state index contributed by atoms with van der Waals surface area (Å²) in [4.78, 5) is 33.6. The molecule has 1 aliphatic heterocycles. The van der Waals surface area contributed by atoms with Crippen LogP contribution in [-0.2, 0) is 29.8 Å². The van der Waals surface area contributed by atoms with E-state index in [9.17, 15) is 19.0 Å². The number of unbranched alkanes of at least 4 members (excludes halogenated alkanes) is 1. The molecule has 1 fully saturated rings. The zero-order valence-electron chi connectivity index (χ0n) is 14.9. The molecule has 1 aromatic carbocycles. The van der Waals surface area contributed by atoms with Crippen LogP contribution in [0.4, 0.5) is 0 Å². The first-order valence-corrected chi connectivity index (χ1v) is 10.7. The molecule has 1 saturated heterocycles. The van der Waals surface area contributed by atoms with Crippen molar-refractivity contribution in [3.05, 3.63) is 35.9 Å². The summed E-state index contributed by atoms with van der Waals surface area (Å²) in [5, 5.41) is 2.92. The smallest absolute Gasteiger partial charge is 0.343 e. The number of carbonyl (C=O) groups excluding carboxylic acids is 2. The van der Waals surface area contributed by atoms with Crippen molar-refractivity contribution in [1.82, 2.24) is 5.32 Å². The zero-order valence-corrected chi connectivity index (χ0v) is 15.8. The highest BCUT2D eigenvalue weighted by Crippen LogP contribution is 2.44. The fraction of sp³-hybridized carbons (Fsp3) is 0.556. The maximum absolute atomic E-state index is 12.1. The average molecular weight is 383 g/mol. The molecule has 0 aromatic heterocycles. The highest BCUT2D eigenvalue weighted by molar-refractivity contribution is 7.52. The van der Waals surface area contributed by atoms with Crippen molar-refractivity contribution in [1.29, 1.82) is 0 Å². The van der Waals surface area contributed by atoms with Crippen LogP contribution in [0.2, 0.25) is 0 Å². The van der Waals surface area contributed by atoms with Gasteiger partial charge in [0.25, 0.3) is 0 Å². The molecule has 0 bridgehead atoms. The van der Waals surface area contributed by atoms with Gasteiger partial charge < -0.3 is 14.9 Å². The largest absolute Gasteiger partial charge is 0.390 e. The van der Waals surface area contributed by atoms with Crippen LogP contribution >= 0.6 is 7.60 Å². The maximum Gasteiger partial charge on any atom is 0.343 e. The van der Waals surface area contributed by atoms with E-state index in [1.807, 2.05) is 30.3 Å². The molecule has 2 rings (SSSR count). The minimum absolute atomic E-state index is 0.0461. The molecule has 2 N–H and O–H groups in total. The van der Waals surface area contributed by atoms with Gasteiger partial charge in [-0.25, -0.2) is 9.59 Å². The lowest BCUT2D eigenvalue weighted by Gasteiger charge is -2.17. The fourth-order valence-corrected chi connectivity index (χ4v) is 4.08. The minimum Gasteiger partial charge on any atom is -0.390 e. The highest BCUT2D eigenvalue weighted by Gasteiger charge is 2.31. The topological polar surface area (TPSA) is 102 Å². The van der Waals surface area contributed by atoms with E-state index in [4.69, 9.17) is 9.26 Å². The van der Waals surface area contributed by atoms with Crippen LogP contribution in [0.15, 0.2) is 30.3 Å². The second kappa shape index (κ2) is 9.97. The average Bonchev–Trinajstić information content (AvgIpc) is 3.14. The molecule has 1 aromatic rings. The molecular weight excluding hydrogens is 357 g/mol. The van der Waals surface area contributed by atoms with Crippen LogP contribution in [0.1, 0.15) is 38.2 Å². The van der Waals surface area contributed by atoms with E-state index in [0.717, 1.165) is 24.8 Å². The second-order valence-electron chi connectivity index (χ2n) is 6.44. The number of aryl methyl sites for hydroxylation is 1. The molecule has 0 radical (unpaired) electrons.